The van der Waals surface area contributed by atoms with Gasteiger partial charge in [-0.15, -0.1) is 0 Å². The van der Waals surface area contributed by atoms with E-state index < -0.39 is 0 Å². The Morgan fingerprint density at radius 2 is 1.95 bits per heavy atom. The van der Waals surface area contributed by atoms with Gasteiger partial charge in [0.15, 0.2) is 0 Å². The molecule has 0 atom stereocenters. The molecule has 4 nitrogen and oxygen atoms in total. The molecule has 20 heavy (non-hydrogen) atoms. The van der Waals surface area contributed by atoms with Crippen LogP contribution in [0.1, 0.15) is 36.0 Å². The van der Waals surface area contributed by atoms with Gasteiger partial charge in [0.1, 0.15) is 0 Å². The number of hydrogen-bond donors (Lipinski definition) is 3. The zero-order chi connectivity index (χ0) is 13.7. The predicted octanol–water partition coefficient (Wildman–Crippen LogP) is 2.67. The van der Waals surface area contributed by atoms with Gasteiger partial charge in [-0.2, -0.15) is 0 Å². The summed E-state index contributed by atoms with van der Waals surface area (Å²) in [6.07, 6.45) is 6.85. The Hall–Kier alpha value is -1.97. The first-order chi connectivity index (χ1) is 9.72. The van der Waals surface area contributed by atoms with E-state index in [9.17, 15) is 4.79 Å². The van der Waals surface area contributed by atoms with Crippen molar-refractivity contribution in [2.24, 2.45) is 11.8 Å². The Morgan fingerprint density at radius 3 is 2.60 bits per heavy atom. The van der Waals surface area contributed by atoms with Crippen LogP contribution in [0.4, 0.5) is 5.69 Å². The van der Waals surface area contributed by atoms with Crippen LogP contribution >= 0.6 is 0 Å². The van der Waals surface area contributed by atoms with E-state index >= 15 is 0 Å². The van der Waals surface area contributed by atoms with Crippen molar-refractivity contribution in [2.75, 3.05) is 5.73 Å². The summed E-state index contributed by atoms with van der Waals surface area (Å²) < 4.78 is 0. The van der Waals surface area contributed by atoms with Crippen LogP contribution in [0.15, 0.2) is 24.4 Å². The highest BCUT2D eigenvalue weighted by Crippen LogP contribution is 2.44. The van der Waals surface area contributed by atoms with Crippen molar-refractivity contribution < 1.29 is 4.79 Å². The van der Waals surface area contributed by atoms with Gasteiger partial charge in [0, 0.05) is 28.8 Å². The molecule has 4 heteroatoms. The minimum Gasteiger partial charge on any atom is -0.399 e. The van der Waals surface area contributed by atoms with Gasteiger partial charge in [0.2, 0.25) is 0 Å². The van der Waals surface area contributed by atoms with E-state index in [1.54, 1.807) is 6.20 Å². The molecule has 0 radical (unpaired) electrons. The Balaban J connectivity index is 1.61. The molecule has 4 N–H and O–H groups in total. The number of nitrogens with two attached hydrogens (primary N) is 1. The molecule has 2 saturated carbocycles. The average molecular weight is 269 g/mol. The zero-order valence-corrected chi connectivity index (χ0v) is 11.4. The predicted molar refractivity (Wildman–Crippen MR) is 79.4 cm³/mol. The molecule has 0 spiro atoms. The maximum Gasteiger partial charge on any atom is 0.253 e. The first kappa shape index (κ1) is 11.8. The molecule has 2 aromatic rings. The van der Waals surface area contributed by atoms with Crippen LogP contribution in [0.3, 0.4) is 0 Å². The number of amides is 1. The van der Waals surface area contributed by atoms with Crippen molar-refractivity contribution in [3.63, 3.8) is 0 Å². The number of carbonyl (C=O) groups excluding carboxylic acids is 1. The Kier molecular flexibility index (Phi) is 2.52. The molecule has 0 aliphatic heterocycles. The fraction of sp³-hybridized carbons (Fsp3) is 0.438. The number of aromatic amines is 1. The lowest BCUT2D eigenvalue weighted by molar-refractivity contribution is 0.0928. The van der Waals surface area contributed by atoms with E-state index in [2.05, 4.69) is 10.3 Å². The largest absolute Gasteiger partial charge is 0.399 e. The van der Waals surface area contributed by atoms with Gasteiger partial charge in [-0.1, -0.05) is 0 Å². The molecule has 4 rings (SSSR count). The number of hydrogen-bond acceptors (Lipinski definition) is 2. The van der Waals surface area contributed by atoms with E-state index in [0.29, 0.717) is 29.1 Å². The molecule has 2 aliphatic carbocycles. The van der Waals surface area contributed by atoms with Gasteiger partial charge in [-0.25, -0.2) is 0 Å². The maximum absolute atomic E-state index is 12.5. The molecule has 1 aromatic heterocycles. The highest BCUT2D eigenvalue weighted by molar-refractivity contribution is 6.07. The summed E-state index contributed by atoms with van der Waals surface area (Å²) in [5.74, 6) is 1.45. The second-order valence-corrected chi connectivity index (χ2v) is 6.18. The summed E-state index contributed by atoms with van der Waals surface area (Å²) in [6.45, 7) is 0. The summed E-state index contributed by atoms with van der Waals surface area (Å²) in [7, 11) is 0. The van der Waals surface area contributed by atoms with Crippen molar-refractivity contribution in [3.8, 4) is 0 Å². The smallest absolute Gasteiger partial charge is 0.253 e. The van der Waals surface area contributed by atoms with Crippen molar-refractivity contribution in [1.29, 1.82) is 0 Å². The minimum atomic E-state index is 0.0330. The van der Waals surface area contributed by atoms with Gasteiger partial charge in [0.25, 0.3) is 5.91 Å². The van der Waals surface area contributed by atoms with Gasteiger partial charge in [0.05, 0.1) is 5.56 Å². The van der Waals surface area contributed by atoms with E-state index in [1.807, 2.05) is 18.2 Å². The third kappa shape index (κ3) is 2.05. The van der Waals surface area contributed by atoms with Crippen LogP contribution in [0.5, 0.6) is 0 Å². The summed E-state index contributed by atoms with van der Waals surface area (Å²) >= 11 is 0. The summed E-state index contributed by atoms with van der Waals surface area (Å²) in [5, 5.41) is 4.17. The van der Waals surface area contributed by atoms with Crippen LogP contribution in [0, 0.1) is 11.8 Å². The van der Waals surface area contributed by atoms with Crippen molar-refractivity contribution >= 4 is 22.5 Å². The van der Waals surface area contributed by atoms with Crippen LogP contribution in [-0.2, 0) is 0 Å². The molecule has 104 valence electrons. The lowest BCUT2D eigenvalue weighted by Crippen LogP contribution is -2.38. The van der Waals surface area contributed by atoms with Gasteiger partial charge >= 0.3 is 0 Å². The molecule has 0 saturated heterocycles. The number of nitrogen functional groups attached to an aromatic ring is 1. The first-order valence-electron chi connectivity index (χ1n) is 7.40. The number of aromatic nitrogens is 1. The molecular formula is C16H19N3O. The third-order valence-electron chi connectivity index (χ3n) is 4.51. The first-order valence-corrected chi connectivity index (χ1v) is 7.40. The van der Waals surface area contributed by atoms with E-state index in [4.69, 9.17) is 5.73 Å². The standard InChI is InChI=1S/C16H19N3O/c17-11-5-6-14-12(7-11)13(8-18-14)16(20)19-15(9-1-2-9)10-3-4-10/h5-10,15,18H,1-4,17H2,(H,19,20). The summed E-state index contributed by atoms with van der Waals surface area (Å²) in [4.78, 5) is 15.7. The molecule has 2 aliphatic rings. The van der Waals surface area contributed by atoms with Gasteiger partial charge in [-0.3, -0.25) is 4.79 Å². The molecular weight excluding hydrogens is 250 g/mol. The number of carbonyl (C=O) groups is 1. The normalized spacial score (nSPS) is 18.6. The molecule has 1 amide bonds. The maximum atomic E-state index is 12.5. The number of anilines is 1. The Labute approximate surface area is 117 Å². The van der Waals surface area contributed by atoms with Crippen molar-refractivity contribution in [3.05, 3.63) is 30.0 Å². The quantitative estimate of drug-likeness (QED) is 0.747. The van der Waals surface area contributed by atoms with Gasteiger partial charge in [-0.05, 0) is 55.7 Å². The lowest BCUT2D eigenvalue weighted by Gasteiger charge is -2.17. The summed E-state index contributed by atoms with van der Waals surface area (Å²) in [6, 6.07) is 6.01. The van der Waals surface area contributed by atoms with Crippen LogP contribution in [0.2, 0.25) is 0 Å². The van der Waals surface area contributed by atoms with E-state index in [1.165, 1.54) is 25.7 Å². The molecule has 0 bridgehead atoms. The fourth-order valence-corrected chi connectivity index (χ4v) is 3.09. The second-order valence-electron chi connectivity index (χ2n) is 6.18. The minimum absolute atomic E-state index is 0.0330. The molecule has 1 aromatic carbocycles. The van der Waals surface area contributed by atoms with E-state index in [0.717, 1.165) is 10.9 Å². The molecule has 2 fully saturated rings. The molecule has 1 heterocycles. The van der Waals surface area contributed by atoms with Crippen LogP contribution < -0.4 is 11.1 Å². The monoisotopic (exact) mass is 269 g/mol. The molecule has 0 unspecified atom stereocenters. The number of fused-ring (bicyclic) bond motifs is 1. The topological polar surface area (TPSA) is 70.9 Å². The van der Waals surface area contributed by atoms with Crippen LogP contribution in [-0.4, -0.2) is 16.9 Å². The van der Waals surface area contributed by atoms with Crippen molar-refractivity contribution in [1.82, 2.24) is 10.3 Å². The second kappa shape index (κ2) is 4.27. The fourth-order valence-electron chi connectivity index (χ4n) is 3.09. The SMILES string of the molecule is Nc1ccc2[nH]cc(C(=O)NC(C3CC3)C3CC3)c2c1. The highest BCUT2D eigenvalue weighted by Gasteiger charge is 2.42. The number of nitrogens with one attached hydrogen (secondary N) is 2. The number of benzene rings is 1. The van der Waals surface area contributed by atoms with Crippen molar-refractivity contribution in [2.45, 2.75) is 31.7 Å². The lowest BCUT2D eigenvalue weighted by atomic mass is 10.1. The average Bonchev–Trinajstić information content (AvgIpc) is 3.33. The highest BCUT2D eigenvalue weighted by atomic mass is 16.1. The number of H-pyrrole nitrogens is 1. The summed E-state index contributed by atoms with van der Waals surface area (Å²) in [5.41, 5.74) is 8.18. The number of rotatable bonds is 4. The van der Waals surface area contributed by atoms with Crippen LogP contribution in [0.25, 0.3) is 10.9 Å². The van der Waals surface area contributed by atoms with E-state index in [-0.39, 0.29) is 5.91 Å². The third-order valence-corrected chi connectivity index (χ3v) is 4.51. The Morgan fingerprint density at radius 1 is 1.25 bits per heavy atom. The Bertz CT molecular complexity index is 655. The van der Waals surface area contributed by atoms with Gasteiger partial charge < -0.3 is 16.0 Å². The zero-order valence-electron chi connectivity index (χ0n) is 11.4.